The summed E-state index contributed by atoms with van der Waals surface area (Å²) >= 11 is 4.77. The molecule has 6 rings (SSSR count). The first kappa shape index (κ1) is 20.0. The van der Waals surface area contributed by atoms with E-state index in [0.717, 1.165) is 5.69 Å². The van der Waals surface area contributed by atoms with E-state index in [0.29, 0.717) is 0 Å². The summed E-state index contributed by atoms with van der Waals surface area (Å²) in [6.45, 7) is 0. The number of hydrogen-bond donors (Lipinski definition) is 2. The van der Waals surface area contributed by atoms with Crippen molar-refractivity contribution in [1.82, 2.24) is 4.57 Å². The Morgan fingerprint density at radius 1 is 0.788 bits per heavy atom. The van der Waals surface area contributed by atoms with Crippen molar-refractivity contribution in [1.29, 1.82) is 0 Å². The van der Waals surface area contributed by atoms with Gasteiger partial charge in [-0.2, -0.15) is 12.6 Å². The highest BCUT2D eigenvalue weighted by atomic mass is 32.1. The van der Waals surface area contributed by atoms with Gasteiger partial charge in [-0.15, -0.1) is 0 Å². The van der Waals surface area contributed by atoms with Crippen LogP contribution in [-0.4, -0.2) is 4.57 Å². The summed E-state index contributed by atoms with van der Waals surface area (Å²) < 4.78 is 2.03. The molecule has 33 heavy (non-hydrogen) atoms. The van der Waals surface area contributed by atoms with Gasteiger partial charge in [-0.05, 0) is 62.1 Å². The Morgan fingerprint density at radius 3 is 1.94 bits per heavy atom. The smallest absolute Gasteiger partial charge is 0.0730 e. The molecule has 0 saturated carbocycles. The van der Waals surface area contributed by atoms with Gasteiger partial charge in [0.25, 0.3) is 0 Å². The average molecular weight is 445 g/mol. The van der Waals surface area contributed by atoms with Gasteiger partial charge >= 0.3 is 0 Å². The third-order valence-corrected chi connectivity index (χ3v) is 7.10. The lowest BCUT2D eigenvalue weighted by Gasteiger charge is -2.30. The lowest BCUT2D eigenvalue weighted by molar-refractivity contribution is 0.796. The van der Waals surface area contributed by atoms with Gasteiger partial charge in [-0.25, -0.2) is 0 Å². The number of benzene rings is 3. The normalized spacial score (nSPS) is 17.6. The predicted octanol–water partition coefficient (Wildman–Crippen LogP) is 7.18. The monoisotopic (exact) mass is 444 g/mol. The zero-order chi connectivity index (χ0) is 22.4. The summed E-state index contributed by atoms with van der Waals surface area (Å²) in [5.41, 5.74) is 11.0. The van der Waals surface area contributed by atoms with Crippen molar-refractivity contribution in [3.05, 3.63) is 143 Å². The molecule has 0 saturated heterocycles. The average Bonchev–Trinajstić information content (AvgIpc) is 3.49. The van der Waals surface area contributed by atoms with Crippen LogP contribution in [0.25, 0.3) is 16.7 Å². The fourth-order valence-electron chi connectivity index (χ4n) is 5.58. The van der Waals surface area contributed by atoms with Crippen LogP contribution in [0.15, 0.2) is 121 Å². The Balaban J connectivity index is 1.54. The van der Waals surface area contributed by atoms with Crippen LogP contribution in [0.4, 0.5) is 5.69 Å². The number of rotatable bonds is 3. The van der Waals surface area contributed by atoms with Gasteiger partial charge in [0.15, 0.2) is 0 Å². The third-order valence-electron chi connectivity index (χ3n) is 6.84. The topological polar surface area (TPSA) is 17.0 Å². The number of thiol groups is 1. The van der Waals surface area contributed by atoms with Gasteiger partial charge in [0, 0.05) is 25.6 Å². The maximum absolute atomic E-state index is 4.77. The standard InChI is InChI=1S/C30H24N2S/c1-32-18-16-21(19-32)31-17-8-12-25-24-11-4-7-15-28(24)30(29(25)20-33)26-13-5-2-9-22(26)23-10-3-6-14-27(23)30/h2-20,31,33H,1H3/b17-8+,25-12-,29-20+. The molecular weight excluding hydrogens is 420 g/mol. The first-order chi connectivity index (χ1) is 16.2. The number of aryl methyl sites for hydroxylation is 1. The second-order valence-electron chi connectivity index (χ2n) is 8.58. The number of aromatic nitrogens is 1. The van der Waals surface area contributed by atoms with Crippen molar-refractivity contribution in [2.75, 3.05) is 5.32 Å². The van der Waals surface area contributed by atoms with Gasteiger partial charge in [-0.1, -0.05) is 78.9 Å². The number of anilines is 1. The molecule has 0 atom stereocenters. The maximum atomic E-state index is 4.77. The van der Waals surface area contributed by atoms with E-state index in [9.17, 15) is 0 Å². The molecule has 4 aromatic rings. The predicted molar refractivity (Wildman–Crippen MR) is 141 cm³/mol. The van der Waals surface area contributed by atoms with Crippen molar-refractivity contribution >= 4 is 23.9 Å². The molecule has 0 radical (unpaired) electrons. The summed E-state index contributed by atoms with van der Waals surface area (Å²) in [5, 5.41) is 5.36. The quantitative estimate of drug-likeness (QED) is 0.320. The van der Waals surface area contributed by atoms with E-state index in [1.165, 1.54) is 44.5 Å². The van der Waals surface area contributed by atoms with Crippen LogP contribution >= 0.6 is 12.6 Å². The van der Waals surface area contributed by atoms with E-state index in [1.807, 2.05) is 29.4 Å². The first-order valence-electron chi connectivity index (χ1n) is 11.1. The number of allylic oxidation sites excluding steroid dienone is 4. The van der Waals surface area contributed by atoms with E-state index >= 15 is 0 Å². The molecule has 1 N–H and O–H groups in total. The molecule has 1 heterocycles. The Kier molecular flexibility index (Phi) is 4.67. The fraction of sp³-hybridized carbons (Fsp3) is 0.0667. The summed E-state index contributed by atoms with van der Waals surface area (Å²) in [5.74, 6) is 0. The molecule has 3 heteroatoms. The van der Waals surface area contributed by atoms with Gasteiger partial charge < -0.3 is 9.88 Å². The van der Waals surface area contributed by atoms with Crippen LogP contribution in [0.2, 0.25) is 0 Å². The minimum atomic E-state index is -0.349. The third kappa shape index (κ3) is 2.82. The summed E-state index contributed by atoms with van der Waals surface area (Å²) in [6, 6.07) is 28.4. The SMILES string of the molecule is Cn1ccc(N/C=C/C=C2\C(=C/S)C3(c4ccccc42)c2ccccc2-c2ccccc23)c1. The minimum absolute atomic E-state index is 0.349. The van der Waals surface area contributed by atoms with Crippen molar-refractivity contribution in [2.24, 2.45) is 7.05 Å². The van der Waals surface area contributed by atoms with Gasteiger partial charge in [0.05, 0.1) is 11.1 Å². The number of fused-ring (bicyclic) bond motifs is 7. The van der Waals surface area contributed by atoms with Crippen molar-refractivity contribution < 1.29 is 0 Å². The molecule has 0 amide bonds. The highest BCUT2D eigenvalue weighted by molar-refractivity contribution is 7.83. The zero-order valence-corrected chi connectivity index (χ0v) is 19.3. The number of nitrogens with zero attached hydrogens (tertiary/aromatic N) is 1. The molecule has 2 nitrogen and oxygen atoms in total. The van der Waals surface area contributed by atoms with Crippen LogP contribution in [0, 0.1) is 0 Å². The summed E-state index contributed by atoms with van der Waals surface area (Å²) in [4.78, 5) is 0. The summed E-state index contributed by atoms with van der Waals surface area (Å²) in [7, 11) is 2.02. The molecule has 0 unspecified atom stereocenters. The van der Waals surface area contributed by atoms with Crippen LogP contribution in [0.3, 0.4) is 0 Å². The number of hydrogen-bond acceptors (Lipinski definition) is 2. The van der Waals surface area contributed by atoms with Gasteiger partial charge in [-0.3, -0.25) is 0 Å². The van der Waals surface area contributed by atoms with E-state index in [-0.39, 0.29) is 5.41 Å². The van der Waals surface area contributed by atoms with E-state index in [1.54, 1.807) is 0 Å². The van der Waals surface area contributed by atoms with Crippen LogP contribution in [-0.2, 0) is 12.5 Å². The second-order valence-corrected chi connectivity index (χ2v) is 8.84. The van der Waals surface area contributed by atoms with Gasteiger partial charge in [0.2, 0.25) is 0 Å². The molecular formula is C30H24N2S. The molecule has 0 fully saturated rings. The summed E-state index contributed by atoms with van der Waals surface area (Å²) in [6.07, 6.45) is 10.4. The molecule has 2 aliphatic rings. The highest BCUT2D eigenvalue weighted by Gasteiger charge is 2.52. The molecule has 0 aliphatic heterocycles. The Hall–Kier alpha value is -3.69. The van der Waals surface area contributed by atoms with E-state index < -0.39 is 0 Å². The fourth-order valence-corrected chi connectivity index (χ4v) is 5.91. The van der Waals surface area contributed by atoms with E-state index in [2.05, 4.69) is 103 Å². The van der Waals surface area contributed by atoms with Crippen molar-refractivity contribution in [3.8, 4) is 11.1 Å². The molecule has 2 aliphatic carbocycles. The van der Waals surface area contributed by atoms with E-state index in [4.69, 9.17) is 12.6 Å². The first-order valence-corrected chi connectivity index (χ1v) is 11.7. The molecule has 1 aromatic heterocycles. The maximum Gasteiger partial charge on any atom is 0.0730 e. The largest absolute Gasteiger partial charge is 0.360 e. The number of nitrogens with one attached hydrogen (secondary N) is 1. The van der Waals surface area contributed by atoms with Crippen molar-refractivity contribution in [2.45, 2.75) is 5.41 Å². The zero-order valence-electron chi connectivity index (χ0n) is 18.4. The van der Waals surface area contributed by atoms with Crippen molar-refractivity contribution in [3.63, 3.8) is 0 Å². The lowest BCUT2D eigenvalue weighted by atomic mass is 9.71. The van der Waals surface area contributed by atoms with Crippen LogP contribution in [0.5, 0.6) is 0 Å². The minimum Gasteiger partial charge on any atom is -0.360 e. The van der Waals surface area contributed by atoms with Gasteiger partial charge in [0.1, 0.15) is 0 Å². The van der Waals surface area contributed by atoms with Crippen LogP contribution in [0.1, 0.15) is 22.3 Å². The molecule has 160 valence electrons. The molecule has 1 spiro atoms. The lowest BCUT2D eigenvalue weighted by Crippen LogP contribution is -2.25. The molecule has 0 bridgehead atoms. The Morgan fingerprint density at radius 2 is 1.36 bits per heavy atom. The Labute approximate surface area is 200 Å². The van der Waals surface area contributed by atoms with Crippen LogP contribution < -0.4 is 5.32 Å². The Bertz CT molecular complexity index is 1420. The second kappa shape index (κ2) is 7.72. The highest BCUT2D eigenvalue weighted by Crippen LogP contribution is 2.63. The molecule has 3 aromatic carbocycles.